The van der Waals surface area contributed by atoms with Gasteiger partial charge in [0.05, 0.1) is 6.54 Å². The molecule has 2 aromatic heterocycles. The SMILES string of the molecule is Cc1cc(=O)n(Cc2ccnc(Cl)c2)c(C)n1. The predicted molar refractivity (Wildman–Crippen MR) is 66.3 cm³/mol. The fourth-order valence-electron chi connectivity index (χ4n) is 1.68. The lowest BCUT2D eigenvalue weighted by atomic mass is 10.2. The Bertz CT molecular complexity index is 607. The normalized spacial score (nSPS) is 10.5. The van der Waals surface area contributed by atoms with Crippen molar-refractivity contribution in [1.82, 2.24) is 14.5 Å². The fourth-order valence-corrected chi connectivity index (χ4v) is 1.88. The van der Waals surface area contributed by atoms with E-state index in [0.717, 1.165) is 11.3 Å². The van der Waals surface area contributed by atoms with Crippen LogP contribution in [-0.4, -0.2) is 14.5 Å². The summed E-state index contributed by atoms with van der Waals surface area (Å²) in [6.07, 6.45) is 1.62. The summed E-state index contributed by atoms with van der Waals surface area (Å²) < 4.78 is 1.61. The summed E-state index contributed by atoms with van der Waals surface area (Å²) in [5.74, 6) is 0.697. The van der Waals surface area contributed by atoms with Crippen LogP contribution in [0.3, 0.4) is 0 Å². The number of hydrogen-bond acceptors (Lipinski definition) is 3. The first kappa shape index (κ1) is 11.8. The van der Waals surface area contributed by atoms with Crippen molar-refractivity contribution in [2.75, 3.05) is 0 Å². The third kappa shape index (κ3) is 2.71. The fraction of sp³-hybridized carbons (Fsp3) is 0.250. The molecule has 0 N–H and O–H groups in total. The van der Waals surface area contributed by atoms with Crippen LogP contribution in [0.5, 0.6) is 0 Å². The highest BCUT2D eigenvalue weighted by Crippen LogP contribution is 2.08. The molecule has 0 amide bonds. The molecule has 0 fully saturated rings. The van der Waals surface area contributed by atoms with E-state index in [1.165, 1.54) is 6.07 Å². The second kappa shape index (κ2) is 4.67. The van der Waals surface area contributed by atoms with Crippen molar-refractivity contribution in [2.24, 2.45) is 0 Å². The Kier molecular flexibility index (Phi) is 3.24. The van der Waals surface area contributed by atoms with Gasteiger partial charge >= 0.3 is 0 Å². The Morgan fingerprint density at radius 3 is 2.76 bits per heavy atom. The molecule has 0 saturated heterocycles. The summed E-state index contributed by atoms with van der Waals surface area (Å²) >= 11 is 5.80. The zero-order valence-electron chi connectivity index (χ0n) is 9.64. The van der Waals surface area contributed by atoms with Crippen LogP contribution in [0.25, 0.3) is 0 Å². The lowest BCUT2D eigenvalue weighted by Crippen LogP contribution is -2.24. The molecule has 0 atom stereocenters. The van der Waals surface area contributed by atoms with Crippen LogP contribution in [0.2, 0.25) is 5.15 Å². The van der Waals surface area contributed by atoms with Crippen LogP contribution in [0.1, 0.15) is 17.1 Å². The van der Waals surface area contributed by atoms with E-state index in [4.69, 9.17) is 11.6 Å². The molecule has 0 radical (unpaired) electrons. The number of hydrogen-bond donors (Lipinski definition) is 0. The first-order chi connectivity index (χ1) is 8.06. The highest BCUT2D eigenvalue weighted by atomic mass is 35.5. The molecule has 0 aliphatic carbocycles. The number of halogens is 1. The van der Waals surface area contributed by atoms with Gasteiger partial charge in [0.2, 0.25) is 0 Å². The second-order valence-electron chi connectivity index (χ2n) is 3.86. The topological polar surface area (TPSA) is 47.8 Å². The summed E-state index contributed by atoms with van der Waals surface area (Å²) in [6, 6.07) is 5.10. The third-order valence-electron chi connectivity index (χ3n) is 2.46. The van der Waals surface area contributed by atoms with E-state index in [-0.39, 0.29) is 5.56 Å². The first-order valence-corrected chi connectivity index (χ1v) is 5.59. The average molecular weight is 250 g/mol. The van der Waals surface area contributed by atoms with Crippen LogP contribution in [0, 0.1) is 13.8 Å². The molecular formula is C12H12ClN3O. The summed E-state index contributed by atoms with van der Waals surface area (Å²) in [6.45, 7) is 4.08. The van der Waals surface area contributed by atoms with Crippen LogP contribution >= 0.6 is 11.6 Å². The van der Waals surface area contributed by atoms with Crippen LogP contribution in [0.4, 0.5) is 0 Å². The van der Waals surface area contributed by atoms with Crippen molar-refractivity contribution in [2.45, 2.75) is 20.4 Å². The molecule has 0 saturated carbocycles. The van der Waals surface area contributed by atoms with E-state index in [1.54, 1.807) is 16.8 Å². The summed E-state index contributed by atoms with van der Waals surface area (Å²) in [5.41, 5.74) is 1.61. The van der Waals surface area contributed by atoms with E-state index < -0.39 is 0 Å². The van der Waals surface area contributed by atoms with Crippen molar-refractivity contribution in [3.8, 4) is 0 Å². The molecular weight excluding hydrogens is 238 g/mol. The van der Waals surface area contributed by atoms with Gasteiger partial charge in [-0.1, -0.05) is 11.6 Å². The zero-order chi connectivity index (χ0) is 12.4. The molecule has 0 aliphatic rings. The standard InChI is InChI=1S/C12H12ClN3O/c1-8-5-12(17)16(9(2)15-8)7-10-3-4-14-11(13)6-10/h3-6H,7H2,1-2H3. The summed E-state index contributed by atoms with van der Waals surface area (Å²) in [5, 5.41) is 0.424. The molecule has 2 rings (SSSR count). The maximum absolute atomic E-state index is 11.8. The second-order valence-corrected chi connectivity index (χ2v) is 4.24. The molecule has 17 heavy (non-hydrogen) atoms. The van der Waals surface area contributed by atoms with Gasteiger partial charge in [0.15, 0.2) is 0 Å². The van der Waals surface area contributed by atoms with E-state index in [2.05, 4.69) is 9.97 Å². The molecule has 0 spiro atoms. The maximum atomic E-state index is 11.8. The number of aryl methyl sites for hydroxylation is 2. The van der Waals surface area contributed by atoms with Crippen molar-refractivity contribution in [3.05, 3.63) is 57.0 Å². The van der Waals surface area contributed by atoms with Gasteiger partial charge in [-0.2, -0.15) is 0 Å². The molecule has 2 heterocycles. The van der Waals surface area contributed by atoms with E-state index in [9.17, 15) is 4.79 Å². The molecule has 4 nitrogen and oxygen atoms in total. The Labute approximate surface area is 104 Å². The molecule has 88 valence electrons. The van der Waals surface area contributed by atoms with Gasteiger partial charge in [0.25, 0.3) is 5.56 Å². The molecule has 0 bridgehead atoms. The number of pyridine rings is 1. The Morgan fingerprint density at radius 2 is 2.12 bits per heavy atom. The minimum Gasteiger partial charge on any atom is -0.292 e. The maximum Gasteiger partial charge on any atom is 0.254 e. The average Bonchev–Trinajstić information content (AvgIpc) is 2.23. The van der Waals surface area contributed by atoms with Crippen molar-refractivity contribution >= 4 is 11.6 Å². The Balaban J connectivity index is 2.40. The van der Waals surface area contributed by atoms with Gasteiger partial charge in [0.1, 0.15) is 11.0 Å². The number of aromatic nitrogens is 3. The van der Waals surface area contributed by atoms with E-state index >= 15 is 0 Å². The number of rotatable bonds is 2. The van der Waals surface area contributed by atoms with E-state index in [0.29, 0.717) is 17.5 Å². The Hall–Kier alpha value is -1.68. The van der Waals surface area contributed by atoms with Gasteiger partial charge in [-0.25, -0.2) is 9.97 Å². The van der Waals surface area contributed by atoms with Gasteiger partial charge in [-0.3, -0.25) is 9.36 Å². The van der Waals surface area contributed by atoms with Crippen molar-refractivity contribution in [3.63, 3.8) is 0 Å². The minimum atomic E-state index is -0.0528. The zero-order valence-corrected chi connectivity index (χ0v) is 10.4. The lowest BCUT2D eigenvalue weighted by molar-refractivity contribution is 0.693. The lowest BCUT2D eigenvalue weighted by Gasteiger charge is -2.09. The Morgan fingerprint density at radius 1 is 1.35 bits per heavy atom. The summed E-state index contributed by atoms with van der Waals surface area (Å²) in [4.78, 5) is 20.0. The van der Waals surface area contributed by atoms with Crippen LogP contribution in [0.15, 0.2) is 29.2 Å². The molecule has 0 unspecified atom stereocenters. The van der Waals surface area contributed by atoms with Crippen molar-refractivity contribution < 1.29 is 0 Å². The third-order valence-corrected chi connectivity index (χ3v) is 2.67. The molecule has 0 aromatic carbocycles. The largest absolute Gasteiger partial charge is 0.292 e. The smallest absolute Gasteiger partial charge is 0.254 e. The van der Waals surface area contributed by atoms with Gasteiger partial charge in [-0.15, -0.1) is 0 Å². The quantitative estimate of drug-likeness (QED) is 0.765. The molecule has 2 aromatic rings. The van der Waals surface area contributed by atoms with Gasteiger partial charge in [0, 0.05) is 18.0 Å². The summed E-state index contributed by atoms with van der Waals surface area (Å²) in [7, 11) is 0. The monoisotopic (exact) mass is 249 g/mol. The van der Waals surface area contributed by atoms with Gasteiger partial charge < -0.3 is 0 Å². The van der Waals surface area contributed by atoms with Crippen molar-refractivity contribution in [1.29, 1.82) is 0 Å². The van der Waals surface area contributed by atoms with Crippen LogP contribution < -0.4 is 5.56 Å². The highest BCUT2D eigenvalue weighted by molar-refractivity contribution is 6.29. The molecule has 0 aliphatic heterocycles. The highest BCUT2D eigenvalue weighted by Gasteiger charge is 2.04. The number of nitrogens with zero attached hydrogens (tertiary/aromatic N) is 3. The minimum absolute atomic E-state index is 0.0528. The van der Waals surface area contributed by atoms with Crippen LogP contribution in [-0.2, 0) is 6.54 Å². The predicted octanol–water partition coefficient (Wildman–Crippen LogP) is 1.96. The molecule has 5 heteroatoms. The van der Waals surface area contributed by atoms with Gasteiger partial charge in [-0.05, 0) is 31.5 Å². The van der Waals surface area contributed by atoms with E-state index in [1.807, 2.05) is 19.9 Å². The first-order valence-electron chi connectivity index (χ1n) is 5.22.